The third-order valence-electron chi connectivity index (χ3n) is 6.10. The first-order valence-electron chi connectivity index (χ1n) is 10.3. The van der Waals surface area contributed by atoms with E-state index >= 15 is 0 Å². The molecule has 1 aromatic carbocycles. The van der Waals surface area contributed by atoms with Gasteiger partial charge in [-0.25, -0.2) is 4.39 Å². The molecule has 3 fully saturated rings. The number of rotatable bonds is 7. The van der Waals surface area contributed by atoms with E-state index in [2.05, 4.69) is 20.9 Å². The zero-order valence-corrected chi connectivity index (χ0v) is 18.7. The molecule has 172 valence electrons. The summed E-state index contributed by atoms with van der Waals surface area (Å²) in [6, 6.07) is 5.59. The van der Waals surface area contributed by atoms with Gasteiger partial charge in [0.1, 0.15) is 11.6 Å². The Morgan fingerprint density at radius 2 is 1.97 bits per heavy atom. The molecular formula is C22H21ClFN5O4. The normalized spacial score (nSPS) is 22.8. The Morgan fingerprint density at radius 1 is 1.24 bits per heavy atom. The molecule has 2 aromatic heterocycles. The molecule has 0 unspecified atom stereocenters. The highest BCUT2D eigenvalue weighted by atomic mass is 35.5. The van der Waals surface area contributed by atoms with Crippen molar-refractivity contribution in [3.63, 3.8) is 0 Å². The van der Waals surface area contributed by atoms with Gasteiger partial charge in [0.2, 0.25) is 0 Å². The smallest absolute Gasteiger partial charge is 0.273 e. The maximum atomic E-state index is 13.5. The molecule has 6 rings (SSSR count). The average molecular weight is 474 g/mol. The summed E-state index contributed by atoms with van der Waals surface area (Å²) >= 11 is 5.63. The number of hydrogen-bond donors (Lipinski definition) is 2. The van der Waals surface area contributed by atoms with Crippen molar-refractivity contribution < 1.29 is 23.2 Å². The van der Waals surface area contributed by atoms with Gasteiger partial charge in [-0.05, 0) is 38.3 Å². The highest BCUT2D eigenvalue weighted by Crippen LogP contribution is 2.60. The quantitative estimate of drug-likeness (QED) is 0.546. The second-order valence-electron chi connectivity index (χ2n) is 8.84. The van der Waals surface area contributed by atoms with Crippen molar-refractivity contribution in [1.29, 1.82) is 0 Å². The Hall–Kier alpha value is -3.40. The summed E-state index contributed by atoms with van der Waals surface area (Å²) in [7, 11) is 1.81. The van der Waals surface area contributed by atoms with Crippen LogP contribution in [0.1, 0.15) is 35.4 Å². The van der Waals surface area contributed by atoms with Crippen molar-refractivity contribution in [1.82, 2.24) is 25.6 Å². The van der Waals surface area contributed by atoms with E-state index in [1.165, 1.54) is 12.1 Å². The first kappa shape index (κ1) is 21.4. The summed E-state index contributed by atoms with van der Waals surface area (Å²) in [5.41, 5.74) is 1.05. The van der Waals surface area contributed by atoms with Crippen LogP contribution in [0.2, 0.25) is 5.02 Å². The minimum absolute atomic E-state index is 0.0120. The van der Waals surface area contributed by atoms with E-state index in [1.54, 1.807) is 16.9 Å². The number of ether oxygens (including phenoxy) is 1. The number of aryl methyl sites for hydroxylation is 2. The monoisotopic (exact) mass is 473 g/mol. The summed E-state index contributed by atoms with van der Waals surface area (Å²) in [6.45, 7) is 1.61. The molecule has 2 amide bonds. The van der Waals surface area contributed by atoms with Gasteiger partial charge in [0, 0.05) is 36.5 Å². The van der Waals surface area contributed by atoms with Crippen molar-refractivity contribution in [2.45, 2.75) is 37.3 Å². The molecule has 3 aliphatic carbocycles. The van der Waals surface area contributed by atoms with E-state index in [0.717, 1.165) is 17.3 Å². The van der Waals surface area contributed by atoms with Crippen molar-refractivity contribution >= 4 is 23.4 Å². The Morgan fingerprint density at radius 3 is 2.64 bits per heavy atom. The number of aromatic nitrogens is 3. The lowest BCUT2D eigenvalue weighted by molar-refractivity contribution is -0.141. The number of nitrogens with zero attached hydrogens (tertiary/aromatic N) is 3. The van der Waals surface area contributed by atoms with Crippen molar-refractivity contribution in [3.05, 3.63) is 52.7 Å². The van der Waals surface area contributed by atoms with Gasteiger partial charge in [0.05, 0.1) is 16.3 Å². The predicted molar refractivity (Wildman–Crippen MR) is 115 cm³/mol. The summed E-state index contributed by atoms with van der Waals surface area (Å²) < 4.78 is 25.8. The molecule has 3 saturated carbocycles. The molecule has 9 nitrogen and oxygen atoms in total. The molecule has 11 heteroatoms. The number of amides is 2. The minimum atomic E-state index is -0.610. The summed E-state index contributed by atoms with van der Waals surface area (Å²) in [5.74, 6) is -0.534. The van der Waals surface area contributed by atoms with Gasteiger partial charge in [-0.15, -0.1) is 0 Å². The van der Waals surface area contributed by atoms with Crippen LogP contribution in [-0.4, -0.2) is 44.4 Å². The van der Waals surface area contributed by atoms with Crippen LogP contribution >= 0.6 is 11.6 Å². The van der Waals surface area contributed by atoms with Crippen LogP contribution < -0.4 is 15.4 Å². The Kier molecular flexibility index (Phi) is 4.93. The van der Waals surface area contributed by atoms with Crippen LogP contribution in [0.15, 0.2) is 35.0 Å². The fraction of sp³-hybridized carbons (Fsp3) is 0.364. The number of benzene rings is 1. The fourth-order valence-electron chi connectivity index (χ4n) is 4.76. The maximum absolute atomic E-state index is 13.5. The number of halogens is 2. The third-order valence-corrected chi connectivity index (χ3v) is 6.40. The standard InChI is InChI=1S/C22H21ClFN5O4/c1-12-14(7-29(2)27-12)18-6-17(28-33-18)20(31)26-22-9-21(10-22,11-22)25-19(30)8-32-13-3-4-15(23)16(24)5-13/h3-7H,8-11H2,1-2H3,(H,25,30)(H,26,31). The van der Waals surface area contributed by atoms with E-state index < -0.39 is 5.82 Å². The van der Waals surface area contributed by atoms with Gasteiger partial charge < -0.3 is 19.9 Å². The lowest BCUT2D eigenvalue weighted by atomic mass is 9.44. The molecule has 2 heterocycles. The zero-order chi connectivity index (χ0) is 23.4. The van der Waals surface area contributed by atoms with E-state index in [1.807, 2.05) is 14.0 Å². The van der Waals surface area contributed by atoms with E-state index in [4.69, 9.17) is 20.9 Å². The molecular weight excluding hydrogens is 453 g/mol. The Labute approximate surface area is 193 Å². The van der Waals surface area contributed by atoms with E-state index in [9.17, 15) is 14.0 Å². The molecule has 33 heavy (non-hydrogen) atoms. The summed E-state index contributed by atoms with van der Waals surface area (Å²) in [6.07, 6.45) is 3.68. The van der Waals surface area contributed by atoms with Gasteiger partial charge >= 0.3 is 0 Å². The highest BCUT2D eigenvalue weighted by Gasteiger charge is 2.69. The first-order valence-corrected chi connectivity index (χ1v) is 10.7. The molecule has 3 aromatic rings. The number of nitrogens with one attached hydrogen (secondary N) is 2. The molecule has 0 spiro atoms. The van der Waals surface area contributed by atoms with Gasteiger partial charge in [-0.1, -0.05) is 16.8 Å². The highest BCUT2D eigenvalue weighted by molar-refractivity contribution is 6.30. The average Bonchev–Trinajstić information content (AvgIpc) is 3.32. The van der Waals surface area contributed by atoms with Crippen molar-refractivity contribution in [2.24, 2.45) is 7.05 Å². The molecule has 2 bridgehead atoms. The summed E-state index contributed by atoms with van der Waals surface area (Å²) in [4.78, 5) is 24.9. The molecule has 0 aliphatic heterocycles. The SMILES string of the molecule is Cc1nn(C)cc1-c1cc(C(=O)NC23CC(NC(=O)COc4ccc(Cl)c(F)c4)(C2)C3)no1. The van der Waals surface area contributed by atoms with E-state index in [0.29, 0.717) is 25.0 Å². The topological polar surface area (TPSA) is 111 Å². The Bertz CT molecular complexity index is 1250. The fourth-order valence-corrected chi connectivity index (χ4v) is 4.87. The molecule has 2 N–H and O–H groups in total. The largest absolute Gasteiger partial charge is 0.484 e. The minimum Gasteiger partial charge on any atom is -0.484 e. The lowest BCUT2D eigenvalue weighted by Crippen LogP contribution is -2.84. The number of carbonyl (C=O) groups is 2. The predicted octanol–water partition coefficient (Wildman–Crippen LogP) is 2.78. The summed E-state index contributed by atoms with van der Waals surface area (Å²) in [5, 5.41) is 14.1. The van der Waals surface area contributed by atoms with Gasteiger partial charge in [-0.2, -0.15) is 5.10 Å². The maximum Gasteiger partial charge on any atom is 0.273 e. The van der Waals surface area contributed by atoms with Crippen LogP contribution in [0, 0.1) is 12.7 Å². The lowest BCUT2D eigenvalue weighted by Gasteiger charge is -2.70. The molecule has 3 aliphatic rings. The zero-order valence-electron chi connectivity index (χ0n) is 17.9. The van der Waals surface area contributed by atoms with Crippen LogP contribution in [0.3, 0.4) is 0 Å². The first-order chi connectivity index (χ1) is 15.7. The van der Waals surface area contributed by atoms with Crippen molar-refractivity contribution in [2.75, 3.05) is 6.61 Å². The van der Waals surface area contributed by atoms with Crippen LogP contribution in [0.25, 0.3) is 11.3 Å². The second-order valence-corrected chi connectivity index (χ2v) is 9.24. The van der Waals surface area contributed by atoms with Crippen LogP contribution in [-0.2, 0) is 11.8 Å². The van der Waals surface area contributed by atoms with Gasteiger partial charge in [0.15, 0.2) is 18.1 Å². The Balaban J connectivity index is 1.11. The molecule has 0 atom stereocenters. The van der Waals surface area contributed by atoms with Crippen LogP contribution in [0.4, 0.5) is 4.39 Å². The van der Waals surface area contributed by atoms with Crippen molar-refractivity contribution in [3.8, 4) is 17.1 Å². The third kappa shape index (κ3) is 3.95. The number of carbonyl (C=O) groups excluding carboxylic acids is 2. The second kappa shape index (κ2) is 7.58. The number of hydrogen-bond acceptors (Lipinski definition) is 6. The van der Waals surface area contributed by atoms with Gasteiger partial charge in [-0.3, -0.25) is 14.3 Å². The molecule has 0 radical (unpaired) electrons. The van der Waals surface area contributed by atoms with Gasteiger partial charge in [0.25, 0.3) is 11.8 Å². The molecule has 0 saturated heterocycles. The van der Waals surface area contributed by atoms with Crippen LogP contribution in [0.5, 0.6) is 5.75 Å². The van der Waals surface area contributed by atoms with E-state index in [-0.39, 0.29) is 46.0 Å².